The third-order valence-corrected chi connectivity index (χ3v) is 3.24. The van der Waals surface area contributed by atoms with Gasteiger partial charge in [-0.2, -0.15) is 0 Å². The van der Waals surface area contributed by atoms with Crippen molar-refractivity contribution in [3.63, 3.8) is 0 Å². The lowest BCUT2D eigenvalue weighted by molar-refractivity contribution is -0.384. The van der Waals surface area contributed by atoms with Gasteiger partial charge in [-0.15, -0.1) is 0 Å². The third-order valence-electron chi connectivity index (χ3n) is 3.24. The van der Waals surface area contributed by atoms with Crippen molar-refractivity contribution in [2.45, 2.75) is 19.9 Å². The Morgan fingerprint density at radius 2 is 2.32 bits per heavy atom. The van der Waals surface area contributed by atoms with Gasteiger partial charge in [0, 0.05) is 31.1 Å². The van der Waals surface area contributed by atoms with Crippen LogP contribution in [0, 0.1) is 16.0 Å². The Morgan fingerprint density at radius 1 is 1.58 bits per heavy atom. The van der Waals surface area contributed by atoms with Crippen LogP contribution in [0.1, 0.15) is 18.9 Å². The van der Waals surface area contributed by atoms with E-state index in [1.807, 2.05) is 6.92 Å². The number of hydrogen-bond acceptors (Lipinski definition) is 5. The largest absolute Gasteiger partial charge is 0.338 e. The van der Waals surface area contributed by atoms with E-state index in [4.69, 9.17) is 5.84 Å². The first-order chi connectivity index (χ1) is 9.02. The van der Waals surface area contributed by atoms with Crippen LogP contribution >= 0.6 is 0 Å². The Balaban J connectivity index is 2.27. The summed E-state index contributed by atoms with van der Waals surface area (Å²) < 4.78 is 0. The smallest absolute Gasteiger partial charge is 0.293 e. The van der Waals surface area contributed by atoms with Crippen molar-refractivity contribution in [2.24, 2.45) is 11.8 Å². The van der Waals surface area contributed by atoms with Gasteiger partial charge in [0.05, 0.1) is 4.92 Å². The number of hydrogen-bond donors (Lipinski definition) is 2. The Bertz CT molecular complexity index is 518. The molecule has 3 N–H and O–H groups in total. The van der Waals surface area contributed by atoms with E-state index < -0.39 is 4.92 Å². The number of nitro benzene ring substituents is 1. The van der Waals surface area contributed by atoms with Gasteiger partial charge in [0.2, 0.25) is 5.91 Å². The molecule has 0 saturated carbocycles. The minimum Gasteiger partial charge on any atom is -0.338 e. The highest BCUT2D eigenvalue weighted by atomic mass is 16.6. The second kappa shape index (κ2) is 5.23. The van der Waals surface area contributed by atoms with Crippen LogP contribution in [-0.4, -0.2) is 22.3 Å². The number of nitrogens with zero attached hydrogens (tertiary/aromatic N) is 2. The average molecular weight is 264 g/mol. The molecule has 0 bridgehead atoms. The standard InChI is InChI=1S/C12H16N4O3/c1-8-5-11(17)15(6-8)7-9-3-2-4-10(16(18)19)12(9)14-13/h2-4,8,14H,5-7,13H2,1H3. The Hall–Kier alpha value is -2.15. The second-order valence-electron chi connectivity index (χ2n) is 4.80. The first-order valence-electron chi connectivity index (χ1n) is 6.03. The van der Waals surface area contributed by atoms with Crippen LogP contribution in [0.25, 0.3) is 0 Å². The molecule has 19 heavy (non-hydrogen) atoms. The van der Waals surface area contributed by atoms with Crippen molar-refractivity contribution < 1.29 is 9.72 Å². The summed E-state index contributed by atoms with van der Waals surface area (Å²) in [4.78, 5) is 23.9. The van der Waals surface area contributed by atoms with Gasteiger partial charge in [-0.25, -0.2) is 0 Å². The minimum absolute atomic E-state index is 0.0713. The summed E-state index contributed by atoms with van der Waals surface area (Å²) in [6, 6.07) is 4.71. The van der Waals surface area contributed by atoms with E-state index in [1.54, 1.807) is 17.0 Å². The van der Waals surface area contributed by atoms with E-state index in [0.717, 1.165) is 0 Å². The number of amides is 1. The highest BCUT2D eigenvalue weighted by Gasteiger charge is 2.28. The predicted molar refractivity (Wildman–Crippen MR) is 70.1 cm³/mol. The van der Waals surface area contributed by atoms with E-state index in [-0.39, 0.29) is 17.3 Å². The van der Waals surface area contributed by atoms with Crippen molar-refractivity contribution in [1.82, 2.24) is 4.90 Å². The van der Waals surface area contributed by atoms with E-state index in [1.165, 1.54) is 6.07 Å². The zero-order valence-electron chi connectivity index (χ0n) is 10.6. The molecule has 1 aromatic rings. The number of hydrazine groups is 1. The van der Waals surface area contributed by atoms with E-state index >= 15 is 0 Å². The molecule has 1 aromatic carbocycles. The first kappa shape index (κ1) is 13.3. The fraction of sp³-hybridized carbons (Fsp3) is 0.417. The van der Waals surface area contributed by atoms with Gasteiger partial charge in [-0.05, 0) is 5.92 Å². The van der Waals surface area contributed by atoms with Crippen molar-refractivity contribution >= 4 is 17.3 Å². The number of benzene rings is 1. The Kier molecular flexibility index (Phi) is 3.66. The fourth-order valence-corrected chi connectivity index (χ4v) is 2.37. The number of nitrogens with two attached hydrogens (primary N) is 1. The zero-order valence-corrected chi connectivity index (χ0v) is 10.6. The van der Waals surface area contributed by atoms with E-state index in [9.17, 15) is 14.9 Å². The van der Waals surface area contributed by atoms with Crippen molar-refractivity contribution in [1.29, 1.82) is 0 Å². The van der Waals surface area contributed by atoms with Crippen LogP contribution in [-0.2, 0) is 11.3 Å². The molecule has 7 nitrogen and oxygen atoms in total. The van der Waals surface area contributed by atoms with Crippen LogP contribution in [0.3, 0.4) is 0 Å². The van der Waals surface area contributed by atoms with Crippen LogP contribution < -0.4 is 11.3 Å². The minimum atomic E-state index is -0.493. The van der Waals surface area contributed by atoms with Gasteiger partial charge in [-0.1, -0.05) is 19.1 Å². The molecule has 1 amide bonds. The molecule has 1 fully saturated rings. The van der Waals surface area contributed by atoms with Gasteiger partial charge < -0.3 is 10.3 Å². The number of para-hydroxylation sites is 1. The highest BCUT2D eigenvalue weighted by molar-refractivity contribution is 5.79. The molecule has 1 atom stereocenters. The third kappa shape index (κ3) is 2.65. The quantitative estimate of drug-likeness (QED) is 0.484. The molecule has 7 heteroatoms. The number of rotatable bonds is 4. The van der Waals surface area contributed by atoms with Crippen LogP contribution in [0.15, 0.2) is 18.2 Å². The average Bonchev–Trinajstić information content (AvgIpc) is 2.67. The number of carbonyl (C=O) groups is 1. The Morgan fingerprint density at radius 3 is 2.84 bits per heavy atom. The Labute approximate surface area is 110 Å². The molecule has 0 aromatic heterocycles. The lowest BCUT2D eigenvalue weighted by Gasteiger charge is -2.18. The summed E-state index contributed by atoms with van der Waals surface area (Å²) in [6.45, 7) is 3.02. The zero-order chi connectivity index (χ0) is 14.0. The molecule has 1 saturated heterocycles. The van der Waals surface area contributed by atoms with E-state index in [2.05, 4.69) is 5.43 Å². The lowest BCUT2D eigenvalue weighted by atomic mass is 10.1. The molecule has 1 aliphatic heterocycles. The molecular weight excluding hydrogens is 248 g/mol. The summed E-state index contributed by atoms with van der Waals surface area (Å²) in [7, 11) is 0. The fourth-order valence-electron chi connectivity index (χ4n) is 2.37. The number of nitrogen functional groups attached to an aromatic ring is 1. The summed E-state index contributed by atoms with van der Waals surface area (Å²) >= 11 is 0. The molecule has 0 radical (unpaired) electrons. The summed E-state index contributed by atoms with van der Waals surface area (Å²) in [6.07, 6.45) is 0.528. The topological polar surface area (TPSA) is 102 Å². The van der Waals surface area contributed by atoms with E-state index in [0.29, 0.717) is 31.0 Å². The van der Waals surface area contributed by atoms with Crippen LogP contribution in [0.4, 0.5) is 11.4 Å². The molecule has 1 aliphatic rings. The van der Waals surface area contributed by atoms with Crippen LogP contribution in [0.5, 0.6) is 0 Å². The summed E-state index contributed by atoms with van der Waals surface area (Å²) in [5.74, 6) is 5.76. The molecule has 0 spiro atoms. The van der Waals surface area contributed by atoms with Gasteiger partial charge in [0.25, 0.3) is 5.69 Å². The van der Waals surface area contributed by atoms with Gasteiger partial charge in [0.15, 0.2) is 0 Å². The van der Waals surface area contributed by atoms with Crippen molar-refractivity contribution in [3.05, 3.63) is 33.9 Å². The molecule has 1 heterocycles. The van der Waals surface area contributed by atoms with Gasteiger partial charge in [-0.3, -0.25) is 20.8 Å². The number of nitrogens with one attached hydrogen (secondary N) is 1. The maximum atomic E-state index is 11.7. The lowest BCUT2D eigenvalue weighted by Crippen LogP contribution is -2.25. The van der Waals surface area contributed by atoms with Crippen molar-refractivity contribution in [3.8, 4) is 0 Å². The molecular formula is C12H16N4O3. The highest BCUT2D eigenvalue weighted by Crippen LogP contribution is 2.29. The van der Waals surface area contributed by atoms with Gasteiger partial charge in [0.1, 0.15) is 5.69 Å². The van der Waals surface area contributed by atoms with Crippen molar-refractivity contribution in [2.75, 3.05) is 12.0 Å². The summed E-state index contributed by atoms with van der Waals surface area (Å²) in [5, 5.41) is 10.9. The summed E-state index contributed by atoms with van der Waals surface area (Å²) in [5.41, 5.74) is 3.20. The molecule has 2 rings (SSSR count). The SMILES string of the molecule is CC1CC(=O)N(Cc2cccc([N+](=O)[O-])c2NN)C1. The van der Waals surface area contributed by atoms with Crippen LogP contribution in [0.2, 0.25) is 0 Å². The number of anilines is 1. The van der Waals surface area contributed by atoms with Gasteiger partial charge >= 0.3 is 0 Å². The molecule has 1 unspecified atom stereocenters. The maximum absolute atomic E-state index is 11.7. The normalized spacial score (nSPS) is 18.7. The monoisotopic (exact) mass is 264 g/mol. The number of likely N-dealkylation sites (tertiary alicyclic amines) is 1. The number of nitro groups is 1. The molecule has 0 aliphatic carbocycles. The first-order valence-corrected chi connectivity index (χ1v) is 6.03. The maximum Gasteiger partial charge on any atom is 0.293 e. The predicted octanol–water partition coefficient (Wildman–Crippen LogP) is 1.25. The number of carbonyl (C=O) groups excluding carboxylic acids is 1. The second-order valence-corrected chi connectivity index (χ2v) is 4.80. The molecule has 102 valence electrons.